The Morgan fingerprint density at radius 2 is 1.79 bits per heavy atom. The lowest BCUT2D eigenvalue weighted by molar-refractivity contribution is -0.120. The molecule has 1 aliphatic carbocycles. The van der Waals surface area contributed by atoms with E-state index in [-0.39, 0.29) is 41.1 Å². The zero-order chi connectivity index (χ0) is 29.8. The van der Waals surface area contributed by atoms with Gasteiger partial charge in [-0.15, -0.1) is 5.92 Å². The maximum absolute atomic E-state index is 13.9. The number of hydrogen-bond donors (Lipinski definition) is 2. The minimum atomic E-state index is -0.644. The van der Waals surface area contributed by atoms with Crippen molar-refractivity contribution in [3.8, 4) is 11.8 Å². The first-order chi connectivity index (χ1) is 20.3. The van der Waals surface area contributed by atoms with Gasteiger partial charge in [-0.2, -0.15) is 4.98 Å². The van der Waals surface area contributed by atoms with Gasteiger partial charge in [0.2, 0.25) is 11.9 Å². The molecule has 2 aliphatic rings. The van der Waals surface area contributed by atoms with Crippen molar-refractivity contribution in [2.45, 2.75) is 77.4 Å². The molecule has 1 unspecified atom stereocenters. The van der Waals surface area contributed by atoms with E-state index in [1.807, 2.05) is 4.90 Å². The van der Waals surface area contributed by atoms with Crippen molar-refractivity contribution in [3.05, 3.63) is 50.7 Å². The van der Waals surface area contributed by atoms with Crippen LogP contribution in [0.25, 0.3) is 11.2 Å². The zero-order valence-corrected chi connectivity index (χ0v) is 24.4. The van der Waals surface area contributed by atoms with Crippen molar-refractivity contribution in [2.24, 2.45) is 18.7 Å². The number of carbonyl (C=O) groups is 2. The molecule has 11 nitrogen and oxygen atoms in total. The van der Waals surface area contributed by atoms with E-state index in [1.54, 1.807) is 42.8 Å². The number of aromatic nitrogens is 4. The minimum absolute atomic E-state index is 0.0227. The second kappa shape index (κ2) is 12.8. The van der Waals surface area contributed by atoms with Gasteiger partial charge >= 0.3 is 5.69 Å². The minimum Gasteiger partial charge on any atom is -0.341 e. The second-order valence-electron chi connectivity index (χ2n) is 11.3. The summed E-state index contributed by atoms with van der Waals surface area (Å²) in [7, 11) is 1.54. The summed E-state index contributed by atoms with van der Waals surface area (Å²) in [6.45, 7) is 2.74. The molecule has 5 rings (SSSR count). The van der Waals surface area contributed by atoms with E-state index in [2.05, 4.69) is 17.2 Å². The molecular formula is C31H39N7O4. The summed E-state index contributed by atoms with van der Waals surface area (Å²) in [6, 6.07) is 6.72. The predicted octanol–water partition coefficient (Wildman–Crippen LogP) is 2.64. The fourth-order valence-corrected chi connectivity index (χ4v) is 6.08. The number of amides is 1. The molecule has 3 N–H and O–H groups in total. The molecule has 1 saturated heterocycles. The number of aryl methyl sites for hydroxylation is 1. The summed E-state index contributed by atoms with van der Waals surface area (Å²) >= 11 is 0. The van der Waals surface area contributed by atoms with E-state index in [1.165, 1.54) is 4.57 Å². The summed E-state index contributed by atoms with van der Waals surface area (Å²) in [5.74, 6) is 5.76. The number of Topliss-reactive ketones (excluding diaryl/α,β-unsaturated/α-hetero) is 1. The molecule has 1 saturated carbocycles. The number of hydrogen-bond acceptors (Lipinski definition) is 7. The van der Waals surface area contributed by atoms with Gasteiger partial charge in [-0.3, -0.25) is 28.1 Å². The van der Waals surface area contributed by atoms with E-state index in [0.29, 0.717) is 18.2 Å². The Morgan fingerprint density at radius 1 is 1.05 bits per heavy atom. The fourth-order valence-electron chi connectivity index (χ4n) is 6.08. The van der Waals surface area contributed by atoms with Crippen molar-refractivity contribution >= 4 is 34.5 Å². The van der Waals surface area contributed by atoms with Crippen LogP contribution in [-0.4, -0.2) is 49.5 Å². The third-order valence-electron chi connectivity index (χ3n) is 8.38. The van der Waals surface area contributed by atoms with Crippen LogP contribution in [0.1, 0.15) is 68.6 Å². The maximum Gasteiger partial charge on any atom is 0.332 e. The first-order valence-electron chi connectivity index (χ1n) is 14.8. The van der Waals surface area contributed by atoms with Crippen LogP contribution in [-0.2, 0) is 24.9 Å². The normalized spacial score (nSPS) is 17.9. The highest BCUT2D eigenvalue weighted by Gasteiger charge is 2.27. The van der Waals surface area contributed by atoms with Crippen molar-refractivity contribution in [2.75, 3.05) is 23.3 Å². The summed E-state index contributed by atoms with van der Waals surface area (Å²) in [5.41, 5.74) is 6.04. The standard InChI is InChI=1S/C31H39N7O4/c1-3-4-18-37-26-27(34-30(37)36-17-11-14-22(32)19-36)35(2)31(42)38(29(26)41)20-25(39)23-15-9-10-16-24(23)33-28(40)21-12-7-5-6-8-13-21/h9-10,15-16,21-22H,5-8,11-14,17-20,32H2,1-2H3,(H,33,40). The van der Waals surface area contributed by atoms with Gasteiger partial charge in [0.25, 0.3) is 5.56 Å². The van der Waals surface area contributed by atoms with Gasteiger partial charge in [0.05, 0.1) is 18.8 Å². The van der Waals surface area contributed by atoms with Crippen LogP contribution in [0.2, 0.25) is 0 Å². The van der Waals surface area contributed by atoms with E-state index < -0.39 is 23.6 Å². The molecule has 0 bridgehead atoms. The monoisotopic (exact) mass is 573 g/mol. The second-order valence-corrected chi connectivity index (χ2v) is 11.3. The van der Waals surface area contributed by atoms with E-state index in [4.69, 9.17) is 10.7 Å². The van der Waals surface area contributed by atoms with Crippen LogP contribution < -0.4 is 27.2 Å². The van der Waals surface area contributed by atoms with Gasteiger partial charge in [0.1, 0.15) is 0 Å². The average molecular weight is 574 g/mol. The zero-order valence-electron chi connectivity index (χ0n) is 24.4. The number of fused-ring (bicyclic) bond motifs is 1. The van der Waals surface area contributed by atoms with Crippen molar-refractivity contribution < 1.29 is 9.59 Å². The number of piperidine rings is 1. The largest absolute Gasteiger partial charge is 0.341 e. The fraction of sp³-hybridized carbons (Fsp3) is 0.516. The Kier molecular flexibility index (Phi) is 8.92. The highest BCUT2D eigenvalue weighted by Crippen LogP contribution is 2.26. The number of carbonyl (C=O) groups excluding carboxylic acids is 2. The summed E-state index contributed by atoms with van der Waals surface area (Å²) < 4.78 is 3.96. The molecule has 11 heteroatoms. The molecule has 2 aromatic heterocycles. The molecule has 1 amide bonds. The van der Waals surface area contributed by atoms with Gasteiger partial charge < -0.3 is 16.0 Å². The van der Waals surface area contributed by atoms with Crippen molar-refractivity contribution in [3.63, 3.8) is 0 Å². The average Bonchev–Trinajstić information content (AvgIpc) is 3.15. The Morgan fingerprint density at radius 3 is 2.50 bits per heavy atom. The predicted molar refractivity (Wildman–Crippen MR) is 163 cm³/mol. The number of nitrogens with one attached hydrogen (secondary N) is 1. The number of nitrogens with two attached hydrogens (primary N) is 1. The van der Waals surface area contributed by atoms with Crippen molar-refractivity contribution in [1.29, 1.82) is 0 Å². The van der Waals surface area contributed by atoms with E-state index >= 15 is 0 Å². The molecule has 2 fully saturated rings. The Hall–Kier alpha value is -4.17. The molecule has 0 radical (unpaired) electrons. The Labute approximate surface area is 244 Å². The number of ketones is 1. The van der Waals surface area contributed by atoms with Crippen LogP contribution >= 0.6 is 0 Å². The van der Waals surface area contributed by atoms with Crippen LogP contribution in [0, 0.1) is 17.8 Å². The first kappa shape index (κ1) is 29.3. The molecule has 3 aromatic rings. The molecule has 1 aliphatic heterocycles. The molecule has 1 aromatic carbocycles. The lowest BCUT2D eigenvalue weighted by Gasteiger charge is -2.31. The third kappa shape index (κ3) is 5.90. The Bertz CT molecular complexity index is 1660. The molecule has 3 heterocycles. The number of rotatable bonds is 7. The first-order valence-corrected chi connectivity index (χ1v) is 14.8. The topological polar surface area (TPSA) is 137 Å². The smallest absolute Gasteiger partial charge is 0.332 e. The van der Waals surface area contributed by atoms with Crippen LogP contribution in [0.15, 0.2) is 33.9 Å². The third-order valence-corrected chi connectivity index (χ3v) is 8.38. The highest BCUT2D eigenvalue weighted by molar-refractivity contribution is 6.05. The van der Waals surface area contributed by atoms with E-state index in [9.17, 15) is 19.2 Å². The molecule has 222 valence electrons. The van der Waals surface area contributed by atoms with Crippen LogP contribution in [0.3, 0.4) is 0 Å². The van der Waals surface area contributed by atoms with Gasteiger partial charge in [-0.25, -0.2) is 4.79 Å². The number of anilines is 2. The SMILES string of the molecule is CC#CCn1c(N2CCCC(N)C2)nc2c1c(=O)n(CC(=O)c1ccccc1NC(=O)C1CCCCCC1)c(=O)n2C. The summed E-state index contributed by atoms with van der Waals surface area (Å²) in [5, 5.41) is 2.94. The quantitative estimate of drug-likeness (QED) is 0.252. The van der Waals surface area contributed by atoms with Crippen LogP contribution in [0.5, 0.6) is 0 Å². The van der Waals surface area contributed by atoms with Gasteiger partial charge in [-0.05, 0) is 44.7 Å². The molecular weight excluding hydrogens is 534 g/mol. The maximum atomic E-state index is 13.9. The lowest BCUT2D eigenvalue weighted by atomic mass is 9.99. The number of para-hydroxylation sites is 1. The number of imidazole rings is 1. The Balaban J connectivity index is 1.50. The lowest BCUT2D eigenvalue weighted by Crippen LogP contribution is -2.44. The molecule has 0 spiro atoms. The van der Waals surface area contributed by atoms with Gasteiger partial charge in [0.15, 0.2) is 16.9 Å². The summed E-state index contributed by atoms with van der Waals surface area (Å²) in [6.07, 6.45) is 7.73. The van der Waals surface area contributed by atoms with E-state index in [0.717, 1.165) is 62.5 Å². The number of benzene rings is 1. The van der Waals surface area contributed by atoms with Crippen LogP contribution in [0.4, 0.5) is 11.6 Å². The molecule has 1 atom stereocenters. The molecule has 42 heavy (non-hydrogen) atoms. The number of nitrogens with zero attached hydrogens (tertiary/aromatic N) is 5. The summed E-state index contributed by atoms with van der Waals surface area (Å²) in [4.78, 5) is 60.7. The van der Waals surface area contributed by atoms with Gasteiger partial charge in [-0.1, -0.05) is 43.7 Å². The van der Waals surface area contributed by atoms with Crippen molar-refractivity contribution in [1.82, 2.24) is 18.7 Å². The highest BCUT2D eigenvalue weighted by atomic mass is 16.2. The van der Waals surface area contributed by atoms with Gasteiger partial charge in [0, 0.05) is 37.7 Å².